The fourth-order valence-electron chi connectivity index (χ4n) is 5.11. The van der Waals surface area contributed by atoms with Crippen molar-refractivity contribution in [2.45, 2.75) is 25.8 Å². The second-order valence-electron chi connectivity index (χ2n) is 9.89. The number of rotatable bonds is 6. The topological polar surface area (TPSA) is 86.9 Å². The van der Waals surface area contributed by atoms with Gasteiger partial charge in [0, 0.05) is 52.4 Å². The summed E-state index contributed by atoms with van der Waals surface area (Å²) in [4.78, 5) is 25.9. The van der Waals surface area contributed by atoms with Crippen LogP contribution in [0.2, 0.25) is 0 Å². The maximum absolute atomic E-state index is 11.3. The number of fused-ring (bicyclic) bond motifs is 3. The number of aromatic nitrogens is 1. The highest BCUT2D eigenvalue weighted by Gasteiger charge is 2.19. The van der Waals surface area contributed by atoms with Gasteiger partial charge >= 0.3 is 5.97 Å². The van der Waals surface area contributed by atoms with Crippen LogP contribution in [-0.2, 0) is 13.0 Å². The quantitative estimate of drug-likeness (QED) is 0.661. The van der Waals surface area contributed by atoms with Gasteiger partial charge in [0.15, 0.2) is 0 Å². The number of nitriles is 1. The lowest BCUT2D eigenvalue weighted by atomic mass is 10.1. The molecule has 3 heterocycles. The van der Waals surface area contributed by atoms with Crippen molar-refractivity contribution in [2.75, 3.05) is 72.0 Å². The zero-order valence-electron chi connectivity index (χ0n) is 21.2. The monoisotopic (exact) mass is 490 g/mol. The van der Waals surface area contributed by atoms with Crippen molar-refractivity contribution >= 4 is 5.97 Å². The van der Waals surface area contributed by atoms with Crippen LogP contribution in [0.5, 0.6) is 0 Å². The number of hydrogen-bond donors (Lipinski definition) is 1. The zero-order chi connectivity index (χ0) is 25.2. The lowest BCUT2D eigenvalue weighted by molar-refractivity contribution is 0.0689. The molecule has 1 aromatic heterocycles. The van der Waals surface area contributed by atoms with Crippen LogP contribution in [-0.4, -0.2) is 108 Å². The number of carbonyl (C=O) groups is 1. The van der Waals surface area contributed by atoms with E-state index in [4.69, 9.17) is 5.26 Å². The molecule has 0 amide bonds. The Morgan fingerprint density at radius 2 is 1.47 bits per heavy atom. The first-order valence-electron chi connectivity index (χ1n) is 13.2. The van der Waals surface area contributed by atoms with Crippen LogP contribution in [0.3, 0.4) is 0 Å². The molecule has 2 aliphatic rings. The average Bonchev–Trinajstić information content (AvgIpc) is 2.90. The first-order chi connectivity index (χ1) is 17.6. The molecule has 1 aromatic carbocycles. The minimum Gasteiger partial charge on any atom is -0.477 e. The fourth-order valence-corrected chi connectivity index (χ4v) is 5.11. The summed E-state index contributed by atoms with van der Waals surface area (Å²) in [5, 5.41) is 18.3. The second-order valence-corrected chi connectivity index (χ2v) is 9.89. The third kappa shape index (κ3) is 8.10. The molecule has 36 heavy (non-hydrogen) atoms. The van der Waals surface area contributed by atoms with Crippen LogP contribution < -0.4 is 0 Å². The highest BCUT2D eigenvalue weighted by Crippen LogP contribution is 2.11. The molecular formula is C28H38N6O2. The predicted octanol–water partition coefficient (Wildman–Crippen LogP) is 2.41. The molecule has 2 aromatic rings. The van der Waals surface area contributed by atoms with Gasteiger partial charge in [-0.2, -0.15) is 5.26 Å². The van der Waals surface area contributed by atoms with Crippen LogP contribution in [0.4, 0.5) is 0 Å². The Balaban J connectivity index is 1.32. The van der Waals surface area contributed by atoms with Gasteiger partial charge in [0.25, 0.3) is 0 Å². The van der Waals surface area contributed by atoms with E-state index in [9.17, 15) is 9.90 Å². The molecule has 0 saturated carbocycles. The minimum atomic E-state index is -0.972. The molecule has 2 aliphatic heterocycles. The minimum absolute atomic E-state index is 0.118. The molecule has 2 bridgehead atoms. The Hall–Kier alpha value is -2.83. The number of carboxylic acid groups (broad SMARTS) is 1. The van der Waals surface area contributed by atoms with Gasteiger partial charge in [-0.25, -0.2) is 9.78 Å². The van der Waals surface area contributed by atoms with E-state index in [-0.39, 0.29) is 5.69 Å². The number of benzene rings is 1. The fraction of sp³-hybridized carbons (Fsp3) is 0.536. The maximum Gasteiger partial charge on any atom is 0.354 e. The molecule has 2 saturated heterocycles. The van der Waals surface area contributed by atoms with Crippen molar-refractivity contribution in [3.05, 3.63) is 65.0 Å². The summed E-state index contributed by atoms with van der Waals surface area (Å²) < 4.78 is 0. The van der Waals surface area contributed by atoms with E-state index >= 15 is 0 Å². The van der Waals surface area contributed by atoms with Crippen molar-refractivity contribution in [3.8, 4) is 6.07 Å². The third-order valence-corrected chi connectivity index (χ3v) is 7.31. The molecule has 2 atom stereocenters. The molecule has 2 fully saturated rings. The maximum atomic E-state index is 11.3. The summed E-state index contributed by atoms with van der Waals surface area (Å²) in [6.07, 6.45) is 3.28. The number of carboxylic acids is 1. The standard InChI is InChI=1S/C28H38N6O2/c29-22-25-8-6-24(7-9-25)10-15-31-11-2-12-33-19-18-32(17-16-31)13-3-14-34(21-20-33)23-26-4-1-5-27(30-26)28(35)36/h1,4-9H,2-3,10-21,23H2,(H,35,36). The van der Waals surface area contributed by atoms with Crippen LogP contribution in [0.15, 0.2) is 42.5 Å². The van der Waals surface area contributed by atoms with Gasteiger partial charge in [0.05, 0.1) is 17.3 Å². The van der Waals surface area contributed by atoms with E-state index in [1.807, 2.05) is 18.2 Å². The van der Waals surface area contributed by atoms with Gasteiger partial charge in [-0.1, -0.05) is 18.2 Å². The highest BCUT2D eigenvalue weighted by atomic mass is 16.4. The van der Waals surface area contributed by atoms with Gasteiger partial charge in [0.1, 0.15) is 5.69 Å². The highest BCUT2D eigenvalue weighted by molar-refractivity contribution is 5.85. The van der Waals surface area contributed by atoms with Crippen molar-refractivity contribution in [2.24, 2.45) is 0 Å². The smallest absolute Gasteiger partial charge is 0.354 e. The van der Waals surface area contributed by atoms with Crippen molar-refractivity contribution in [1.82, 2.24) is 24.6 Å². The lowest BCUT2D eigenvalue weighted by Gasteiger charge is -2.35. The Morgan fingerprint density at radius 3 is 2.14 bits per heavy atom. The first kappa shape index (κ1) is 26.2. The third-order valence-electron chi connectivity index (χ3n) is 7.31. The molecule has 1 N–H and O–H groups in total. The Morgan fingerprint density at radius 1 is 0.833 bits per heavy atom. The zero-order valence-corrected chi connectivity index (χ0v) is 21.2. The van der Waals surface area contributed by atoms with Crippen molar-refractivity contribution < 1.29 is 9.90 Å². The Labute approximate surface area is 214 Å². The summed E-state index contributed by atoms with van der Waals surface area (Å²) in [6, 6.07) is 15.5. The van der Waals surface area contributed by atoms with E-state index in [1.165, 1.54) is 5.56 Å². The molecule has 192 valence electrons. The summed E-state index contributed by atoms with van der Waals surface area (Å²) in [5.74, 6) is -0.972. The van der Waals surface area contributed by atoms with Gasteiger partial charge in [0.2, 0.25) is 0 Å². The summed E-state index contributed by atoms with van der Waals surface area (Å²) in [5.41, 5.74) is 2.96. The largest absolute Gasteiger partial charge is 0.477 e. The molecule has 0 aliphatic carbocycles. The van der Waals surface area contributed by atoms with Gasteiger partial charge in [-0.3, -0.25) is 4.90 Å². The van der Waals surface area contributed by atoms with Crippen LogP contribution in [0, 0.1) is 11.3 Å². The van der Waals surface area contributed by atoms with Crippen LogP contribution in [0.1, 0.15) is 40.2 Å². The summed E-state index contributed by atoms with van der Waals surface area (Å²) in [6.45, 7) is 12.4. The predicted molar refractivity (Wildman–Crippen MR) is 140 cm³/mol. The Kier molecular flexibility index (Phi) is 9.82. The van der Waals surface area contributed by atoms with E-state index in [2.05, 4.69) is 42.8 Å². The van der Waals surface area contributed by atoms with E-state index in [0.29, 0.717) is 6.54 Å². The van der Waals surface area contributed by atoms with Gasteiger partial charge < -0.3 is 19.8 Å². The molecule has 0 spiro atoms. The Bertz CT molecular complexity index is 1020. The number of pyridine rings is 1. The average molecular weight is 491 g/mol. The van der Waals surface area contributed by atoms with Crippen molar-refractivity contribution in [3.63, 3.8) is 0 Å². The molecule has 0 radical (unpaired) electrons. The van der Waals surface area contributed by atoms with Gasteiger partial charge in [-0.15, -0.1) is 0 Å². The lowest BCUT2D eigenvalue weighted by Crippen LogP contribution is -2.47. The molecule has 2 unspecified atom stereocenters. The van der Waals surface area contributed by atoms with E-state index in [0.717, 1.165) is 103 Å². The second kappa shape index (κ2) is 13.5. The number of nitrogens with zero attached hydrogens (tertiary/aromatic N) is 6. The summed E-state index contributed by atoms with van der Waals surface area (Å²) in [7, 11) is 0. The molecular weight excluding hydrogens is 452 g/mol. The first-order valence-corrected chi connectivity index (χ1v) is 13.2. The SMILES string of the molecule is N#Cc1ccc(CCN2CCCN3CCN(CCCN(Cc4cccc(C(=O)O)n4)CC3)CC2)cc1. The van der Waals surface area contributed by atoms with Gasteiger partial charge in [-0.05, 0) is 75.3 Å². The number of hydrogen-bond acceptors (Lipinski definition) is 7. The van der Waals surface area contributed by atoms with E-state index in [1.54, 1.807) is 12.1 Å². The van der Waals surface area contributed by atoms with Crippen LogP contribution >= 0.6 is 0 Å². The van der Waals surface area contributed by atoms with E-state index < -0.39 is 5.97 Å². The molecule has 8 nitrogen and oxygen atoms in total. The summed E-state index contributed by atoms with van der Waals surface area (Å²) >= 11 is 0. The van der Waals surface area contributed by atoms with Crippen molar-refractivity contribution in [1.29, 1.82) is 5.26 Å². The van der Waals surface area contributed by atoms with Crippen LogP contribution in [0.25, 0.3) is 0 Å². The normalized spacial score (nSPS) is 22.5. The molecule has 4 rings (SSSR count). The number of aromatic carboxylic acids is 1. The molecule has 8 heteroatoms.